The summed E-state index contributed by atoms with van der Waals surface area (Å²) in [7, 11) is 1.63. The zero-order valence-electron chi connectivity index (χ0n) is 10.7. The van der Waals surface area contributed by atoms with Gasteiger partial charge in [-0.25, -0.2) is 9.78 Å². The molecule has 98 valence electrons. The maximum atomic E-state index is 10.7. The third-order valence-corrected chi connectivity index (χ3v) is 2.68. The van der Waals surface area contributed by atoms with Crippen molar-refractivity contribution < 1.29 is 14.6 Å². The summed E-state index contributed by atoms with van der Waals surface area (Å²) in [4.78, 5) is 14.8. The molecule has 2 aromatic rings. The third kappa shape index (κ3) is 3.01. The molecule has 0 unspecified atom stereocenters. The molecule has 0 bridgehead atoms. The molecule has 0 aliphatic heterocycles. The second-order valence-electron chi connectivity index (χ2n) is 4.05. The number of anilines is 2. The Hall–Kier alpha value is -2.56. The van der Waals surface area contributed by atoms with Crippen molar-refractivity contribution in [2.75, 3.05) is 12.4 Å². The first-order chi connectivity index (χ1) is 9.10. The first-order valence-electron chi connectivity index (χ1n) is 5.71. The van der Waals surface area contributed by atoms with E-state index in [2.05, 4.69) is 10.3 Å². The number of carboxylic acids is 1. The Morgan fingerprint density at radius 3 is 2.63 bits per heavy atom. The van der Waals surface area contributed by atoms with Gasteiger partial charge < -0.3 is 15.2 Å². The molecule has 0 fully saturated rings. The van der Waals surface area contributed by atoms with Crippen LogP contribution in [0.4, 0.5) is 11.5 Å². The number of aryl methyl sites for hydroxylation is 1. The summed E-state index contributed by atoms with van der Waals surface area (Å²) in [5, 5.41) is 11.9. The van der Waals surface area contributed by atoms with Crippen LogP contribution in [0.2, 0.25) is 0 Å². The number of nitrogens with zero attached hydrogens (tertiary/aromatic N) is 1. The van der Waals surface area contributed by atoms with E-state index in [-0.39, 0.29) is 5.56 Å². The molecule has 2 rings (SSSR count). The maximum Gasteiger partial charge on any atom is 0.337 e. The number of methoxy groups -OCH3 is 1. The molecule has 2 N–H and O–H groups in total. The summed E-state index contributed by atoms with van der Waals surface area (Å²) in [6, 6.07) is 8.81. The van der Waals surface area contributed by atoms with Crippen molar-refractivity contribution in [2.24, 2.45) is 0 Å². The van der Waals surface area contributed by atoms with Gasteiger partial charge in [0.15, 0.2) is 0 Å². The van der Waals surface area contributed by atoms with E-state index in [4.69, 9.17) is 9.84 Å². The number of hydrogen-bond acceptors (Lipinski definition) is 4. The summed E-state index contributed by atoms with van der Waals surface area (Å²) >= 11 is 0. The molecular formula is C14H14N2O3. The Kier molecular flexibility index (Phi) is 3.66. The molecule has 0 spiro atoms. The maximum absolute atomic E-state index is 10.7. The Labute approximate surface area is 110 Å². The molecule has 1 aromatic heterocycles. The minimum atomic E-state index is -0.987. The Bertz CT molecular complexity index is 594. The summed E-state index contributed by atoms with van der Waals surface area (Å²) in [5.41, 5.74) is 2.04. The van der Waals surface area contributed by atoms with E-state index in [1.165, 1.54) is 12.3 Å². The molecule has 0 atom stereocenters. The molecule has 0 aliphatic rings. The molecular weight excluding hydrogens is 244 g/mol. The summed E-state index contributed by atoms with van der Waals surface area (Å²) in [6.07, 6.45) is 1.32. The molecule has 1 heterocycles. The standard InChI is InChI=1S/C14H14N2O3/c1-9-7-11(4-5-12(9)19-2)16-13-6-3-10(8-15-13)14(17)18/h3-8H,1-2H3,(H,15,16)(H,17,18). The van der Waals surface area contributed by atoms with Crippen molar-refractivity contribution in [1.82, 2.24) is 4.98 Å². The van der Waals surface area contributed by atoms with E-state index in [9.17, 15) is 4.79 Å². The van der Waals surface area contributed by atoms with Crippen LogP contribution in [0.25, 0.3) is 0 Å². The van der Waals surface area contributed by atoms with Crippen molar-refractivity contribution in [3.8, 4) is 5.75 Å². The summed E-state index contributed by atoms with van der Waals surface area (Å²) in [6.45, 7) is 1.95. The smallest absolute Gasteiger partial charge is 0.337 e. The van der Waals surface area contributed by atoms with Gasteiger partial charge >= 0.3 is 5.97 Å². The highest BCUT2D eigenvalue weighted by Gasteiger charge is 2.04. The zero-order chi connectivity index (χ0) is 13.8. The molecule has 5 nitrogen and oxygen atoms in total. The van der Waals surface area contributed by atoms with Gasteiger partial charge in [-0.3, -0.25) is 0 Å². The molecule has 19 heavy (non-hydrogen) atoms. The number of hydrogen-bond donors (Lipinski definition) is 2. The second kappa shape index (κ2) is 5.39. The van der Waals surface area contributed by atoms with Crippen LogP contribution < -0.4 is 10.1 Å². The fourth-order valence-corrected chi connectivity index (χ4v) is 1.70. The SMILES string of the molecule is COc1ccc(Nc2ccc(C(=O)O)cn2)cc1C. The number of aromatic nitrogens is 1. The van der Waals surface area contributed by atoms with Crippen LogP contribution in [0.1, 0.15) is 15.9 Å². The van der Waals surface area contributed by atoms with Crippen molar-refractivity contribution in [3.05, 3.63) is 47.7 Å². The van der Waals surface area contributed by atoms with Crippen molar-refractivity contribution >= 4 is 17.5 Å². The van der Waals surface area contributed by atoms with Gasteiger partial charge in [0.25, 0.3) is 0 Å². The van der Waals surface area contributed by atoms with Crippen LogP contribution in [-0.2, 0) is 0 Å². The minimum absolute atomic E-state index is 0.163. The number of rotatable bonds is 4. The van der Waals surface area contributed by atoms with Crippen LogP contribution in [-0.4, -0.2) is 23.2 Å². The topological polar surface area (TPSA) is 71.5 Å². The van der Waals surface area contributed by atoms with E-state index in [1.54, 1.807) is 13.2 Å². The van der Waals surface area contributed by atoms with Crippen LogP contribution in [0, 0.1) is 6.92 Å². The molecule has 0 saturated carbocycles. The monoisotopic (exact) mass is 258 g/mol. The molecule has 0 amide bonds. The van der Waals surface area contributed by atoms with Gasteiger partial charge in [0.05, 0.1) is 12.7 Å². The van der Waals surface area contributed by atoms with Crippen molar-refractivity contribution in [3.63, 3.8) is 0 Å². The lowest BCUT2D eigenvalue weighted by atomic mass is 10.2. The van der Waals surface area contributed by atoms with Gasteiger partial charge in [0.2, 0.25) is 0 Å². The van der Waals surface area contributed by atoms with Crippen LogP contribution in [0.5, 0.6) is 5.75 Å². The number of pyridine rings is 1. The number of carbonyl (C=O) groups is 1. The van der Waals surface area contributed by atoms with Gasteiger partial charge in [-0.05, 0) is 42.8 Å². The highest BCUT2D eigenvalue weighted by Crippen LogP contribution is 2.23. The average Bonchev–Trinajstić information content (AvgIpc) is 2.39. The summed E-state index contributed by atoms with van der Waals surface area (Å²) < 4.78 is 5.18. The predicted octanol–water partition coefficient (Wildman–Crippen LogP) is 2.84. The Balaban J connectivity index is 2.16. The average molecular weight is 258 g/mol. The van der Waals surface area contributed by atoms with Gasteiger partial charge in [0, 0.05) is 11.9 Å². The highest BCUT2D eigenvalue weighted by molar-refractivity contribution is 5.87. The van der Waals surface area contributed by atoms with Crippen LogP contribution in [0.3, 0.4) is 0 Å². The minimum Gasteiger partial charge on any atom is -0.496 e. The van der Waals surface area contributed by atoms with Crippen LogP contribution >= 0.6 is 0 Å². The third-order valence-electron chi connectivity index (χ3n) is 2.68. The van der Waals surface area contributed by atoms with Crippen LogP contribution in [0.15, 0.2) is 36.5 Å². The number of carboxylic acid groups (broad SMARTS) is 1. The van der Waals surface area contributed by atoms with Gasteiger partial charge in [-0.1, -0.05) is 0 Å². The molecule has 0 aliphatic carbocycles. The number of ether oxygens (including phenoxy) is 1. The fraction of sp³-hybridized carbons (Fsp3) is 0.143. The molecule has 0 radical (unpaired) electrons. The van der Waals surface area contributed by atoms with E-state index in [0.29, 0.717) is 5.82 Å². The first-order valence-corrected chi connectivity index (χ1v) is 5.71. The van der Waals surface area contributed by atoms with Gasteiger partial charge in [-0.15, -0.1) is 0 Å². The molecule has 0 saturated heterocycles. The normalized spacial score (nSPS) is 10.0. The van der Waals surface area contributed by atoms with E-state index < -0.39 is 5.97 Å². The highest BCUT2D eigenvalue weighted by atomic mass is 16.5. The summed E-state index contributed by atoms with van der Waals surface area (Å²) in [5.74, 6) is 0.425. The number of aromatic carboxylic acids is 1. The van der Waals surface area contributed by atoms with E-state index >= 15 is 0 Å². The second-order valence-corrected chi connectivity index (χ2v) is 4.05. The van der Waals surface area contributed by atoms with E-state index in [0.717, 1.165) is 17.0 Å². The quantitative estimate of drug-likeness (QED) is 0.882. The lowest BCUT2D eigenvalue weighted by Gasteiger charge is -2.09. The molecule has 5 heteroatoms. The Morgan fingerprint density at radius 1 is 1.32 bits per heavy atom. The number of nitrogens with one attached hydrogen (secondary N) is 1. The van der Waals surface area contributed by atoms with E-state index in [1.807, 2.05) is 25.1 Å². The number of benzene rings is 1. The van der Waals surface area contributed by atoms with Crippen molar-refractivity contribution in [1.29, 1.82) is 0 Å². The Morgan fingerprint density at radius 2 is 2.11 bits per heavy atom. The lowest BCUT2D eigenvalue weighted by molar-refractivity contribution is 0.0696. The van der Waals surface area contributed by atoms with Gasteiger partial charge in [0.1, 0.15) is 11.6 Å². The fourth-order valence-electron chi connectivity index (χ4n) is 1.70. The molecule has 1 aromatic carbocycles. The largest absolute Gasteiger partial charge is 0.496 e. The zero-order valence-corrected chi connectivity index (χ0v) is 10.7. The lowest BCUT2D eigenvalue weighted by Crippen LogP contribution is -1.99. The van der Waals surface area contributed by atoms with Crippen molar-refractivity contribution in [2.45, 2.75) is 6.92 Å². The first kappa shape index (κ1) is 12.9. The predicted molar refractivity (Wildman–Crippen MR) is 72.2 cm³/mol. The van der Waals surface area contributed by atoms with Gasteiger partial charge in [-0.2, -0.15) is 0 Å².